The lowest BCUT2D eigenvalue weighted by molar-refractivity contribution is 0.0526. The number of carbonyl (C=O) groups excluding carboxylic acids is 1. The molecule has 0 radical (unpaired) electrons. The summed E-state index contributed by atoms with van der Waals surface area (Å²) >= 11 is 4.29. The van der Waals surface area contributed by atoms with Crippen LogP contribution in [0.4, 0.5) is 0 Å². The lowest BCUT2D eigenvalue weighted by Gasteiger charge is -2.07. The molecule has 3 heteroatoms. The molecule has 0 aliphatic carbocycles. The largest absolute Gasteiger partial charge is 0.462 e. The molecule has 0 aliphatic rings. The standard InChI is InChI=1S/C11H14O2S/c1-4-13-11(12)9-5-7(2)8(3)10(14)6-9/h5-6,14H,4H2,1-3H3. The van der Waals surface area contributed by atoms with Crippen molar-refractivity contribution in [3.63, 3.8) is 0 Å². The quantitative estimate of drug-likeness (QED) is 0.600. The number of aryl methyl sites for hydroxylation is 1. The van der Waals surface area contributed by atoms with Gasteiger partial charge in [0.15, 0.2) is 0 Å². The van der Waals surface area contributed by atoms with E-state index >= 15 is 0 Å². The summed E-state index contributed by atoms with van der Waals surface area (Å²) in [5, 5.41) is 0. The summed E-state index contributed by atoms with van der Waals surface area (Å²) in [6.07, 6.45) is 0. The lowest BCUT2D eigenvalue weighted by atomic mass is 10.1. The molecule has 14 heavy (non-hydrogen) atoms. The van der Waals surface area contributed by atoms with Gasteiger partial charge in [-0.2, -0.15) is 0 Å². The van der Waals surface area contributed by atoms with Crippen molar-refractivity contribution in [2.24, 2.45) is 0 Å². The Hall–Kier alpha value is -0.960. The molecule has 0 heterocycles. The molecule has 0 saturated heterocycles. The van der Waals surface area contributed by atoms with Crippen LogP contribution in [0.25, 0.3) is 0 Å². The molecule has 0 aliphatic heterocycles. The third-order valence-electron chi connectivity index (χ3n) is 2.15. The zero-order valence-corrected chi connectivity index (χ0v) is 9.52. The lowest BCUT2D eigenvalue weighted by Crippen LogP contribution is -2.05. The third kappa shape index (κ3) is 2.29. The molecule has 76 valence electrons. The highest BCUT2D eigenvalue weighted by molar-refractivity contribution is 7.80. The molecule has 1 rings (SSSR count). The number of hydrogen-bond donors (Lipinski definition) is 1. The van der Waals surface area contributed by atoms with Crippen LogP contribution in [0.15, 0.2) is 17.0 Å². The molecule has 0 atom stereocenters. The van der Waals surface area contributed by atoms with Crippen molar-refractivity contribution in [1.29, 1.82) is 0 Å². The van der Waals surface area contributed by atoms with Crippen LogP contribution in [-0.2, 0) is 4.74 Å². The van der Waals surface area contributed by atoms with E-state index in [1.54, 1.807) is 13.0 Å². The number of esters is 1. The van der Waals surface area contributed by atoms with Crippen molar-refractivity contribution in [3.8, 4) is 0 Å². The van der Waals surface area contributed by atoms with Crippen LogP contribution in [0.1, 0.15) is 28.4 Å². The van der Waals surface area contributed by atoms with Crippen molar-refractivity contribution in [3.05, 3.63) is 28.8 Å². The second-order valence-corrected chi connectivity index (χ2v) is 3.64. The summed E-state index contributed by atoms with van der Waals surface area (Å²) in [4.78, 5) is 12.2. The van der Waals surface area contributed by atoms with Gasteiger partial charge in [-0.05, 0) is 44.0 Å². The van der Waals surface area contributed by atoms with Crippen molar-refractivity contribution in [1.82, 2.24) is 0 Å². The minimum absolute atomic E-state index is 0.286. The Labute approximate surface area is 89.7 Å². The van der Waals surface area contributed by atoms with Crippen molar-refractivity contribution in [2.45, 2.75) is 25.7 Å². The van der Waals surface area contributed by atoms with Crippen LogP contribution >= 0.6 is 12.6 Å². The van der Waals surface area contributed by atoms with Gasteiger partial charge in [-0.15, -0.1) is 12.6 Å². The van der Waals surface area contributed by atoms with Crippen LogP contribution in [0, 0.1) is 13.8 Å². The fourth-order valence-electron chi connectivity index (χ4n) is 1.17. The van der Waals surface area contributed by atoms with Gasteiger partial charge < -0.3 is 4.74 Å². The van der Waals surface area contributed by atoms with Crippen LogP contribution < -0.4 is 0 Å². The van der Waals surface area contributed by atoms with Gasteiger partial charge in [-0.3, -0.25) is 0 Å². The molecule has 0 spiro atoms. The predicted octanol–water partition coefficient (Wildman–Crippen LogP) is 2.77. The van der Waals surface area contributed by atoms with E-state index in [0.29, 0.717) is 12.2 Å². The van der Waals surface area contributed by atoms with E-state index in [4.69, 9.17) is 4.74 Å². The van der Waals surface area contributed by atoms with E-state index in [1.165, 1.54) is 0 Å². The summed E-state index contributed by atoms with van der Waals surface area (Å²) in [6, 6.07) is 3.57. The van der Waals surface area contributed by atoms with Gasteiger partial charge in [0.05, 0.1) is 12.2 Å². The maximum Gasteiger partial charge on any atom is 0.338 e. The first-order chi connectivity index (χ1) is 6.56. The number of thiol groups is 1. The average Bonchev–Trinajstić information content (AvgIpc) is 2.13. The molecule has 0 fully saturated rings. The molecule has 1 aromatic rings. The van der Waals surface area contributed by atoms with Gasteiger partial charge in [0.2, 0.25) is 0 Å². The minimum Gasteiger partial charge on any atom is -0.462 e. The monoisotopic (exact) mass is 210 g/mol. The Morgan fingerprint density at radius 3 is 2.57 bits per heavy atom. The van der Waals surface area contributed by atoms with Gasteiger partial charge in [0.1, 0.15) is 0 Å². The van der Waals surface area contributed by atoms with E-state index in [0.717, 1.165) is 16.0 Å². The van der Waals surface area contributed by atoms with Crippen molar-refractivity contribution >= 4 is 18.6 Å². The molecule has 1 aromatic carbocycles. The van der Waals surface area contributed by atoms with Gasteiger partial charge >= 0.3 is 5.97 Å². The van der Waals surface area contributed by atoms with E-state index in [-0.39, 0.29) is 5.97 Å². The first-order valence-electron chi connectivity index (χ1n) is 4.53. The Kier molecular flexibility index (Phi) is 3.58. The maximum atomic E-state index is 11.4. The summed E-state index contributed by atoms with van der Waals surface area (Å²) in [5.41, 5.74) is 2.72. The highest BCUT2D eigenvalue weighted by atomic mass is 32.1. The van der Waals surface area contributed by atoms with E-state index in [2.05, 4.69) is 12.6 Å². The Bertz CT molecular complexity index is 335. The number of carbonyl (C=O) groups is 1. The van der Waals surface area contributed by atoms with Crippen LogP contribution in [-0.4, -0.2) is 12.6 Å². The van der Waals surface area contributed by atoms with Gasteiger partial charge in [-0.25, -0.2) is 4.79 Å². The molecule has 0 aromatic heterocycles. The Balaban J connectivity index is 3.06. The maximum absolute atomic E-state index is 11.4. The zero-order chi connectivity index (χ0) is 10.7. The summed E-state index contributed by atoms with van der Waals surface area (Å²) in [6.45, 7) is 6.12. The first kappa shape index (κ1) is 11.1. The topological polar surface area (TPSA) is 26.3 Å². The third-order valence-corrected chi connectivity index (χ3v) is 2.62. The number of ether oxygens (including phenoxy) is 1. The Morgan fingerprint density at radius 1 is 1.43 bits per heavy atom. The highest BCUT2D eigenvalue weighted by Crippen LogP contribution is 2.19. The van der Waals surface area contributed by atoms with E-state index < -0.39 is 0 Å². The van der Waals surface area contributed by atoms with E-state index in [9.17, 15) is 4.79 Å². The zero-order valence-electron chi connectivity index (χ0n) is 8.63. The number of benzene rings is 1. The van der Waals surface area contributed by atoms with Crippen molar-refractivity contribution < 1.29 is 9.53 Å². The molecular formula is C11H14O2S. The highest BCUT2D eigenvalue weighted by Gasteiger charge is 2.09. The smallest absolute Gasteiger partial charge is 0.338 e. The molecular weight excluding hydrogens is 196 g/mol. The van der Waals surface area contributed by atoms with Crippen LogP contribution in [0.3, 0.4) is 0 Å². The SMILES string of the molecule is CCOC(=O)c1cc(C)c(C)c(S)c1. The van der Waals surface area contributed by atoms with Crippen LogP contribution in [0.2, 0.25) is 0 Å². The minimum atomic E-state index is -0.286. The molecule has 0 amide bonds. The fraction of sp³-hybridized carbons (Fsp3) is 0.364. The van der Waals surface area contributed by atoms with Gasteiger partial charge in [0.25, 0.3) is 0 Å². The second-order valence-electron chi connectivity index (χ2n) is 3.16. The van der Waals surface area contributed by atoms with Gasteiger partial charge in [0, 0.05) is 4.90 Å². The predicted molar refractivity (Wildman–Crippen MR) is 59.1 cm³/mol. The molecule has 0 N–H and O–H groups in total. The molecule has 0 unspecified atom stereocenters. The summed E-state index contributed by atoms with van der Waals surface area (Å²) < 4.78 is 4.90. The molecule has 0 saturated carbocycles. The summed E-state index contributed by atoms with van der Waals surface area (Å²) in [7, 11) is 0. The van der Waals surface area contributed by atoms with Gasteiger partial charge in [-0.1, -0.05) is 0 Å². The molecule has 2 nitrogen and oxygen atoms in total. The second kappa shape index (κ2) is 4.51. The van der Waals surface area contributed by atoms with Crippen LogP contribution in [0.5, 0.6) is 0 Å². The van der Waals surface area contributed by atoms with E-state index in [1.807, 2.05) is 19.9 Å². The first-order valence-corrected chi connectivity index (χ1v) is 4.98. The normalized spacial score (nSPS) is 10.0. The number of hydrogen-bond acceptors (Lipinski definition) is 3. The summed E-state index contributed by atoms with van der Waals surface area (Å²) in [5.74, 6) is -0.286. The fourth-order valence-corrected chi connectivity index (χ4v) is 1.49. The average molecular weight is 210 g/mol. The number of rotatable bonds is 2. The molecule has 0 bridgehead atoms. The van der Waals surface area contributed by atoms with Crippen molar-refractivity contribution in [2.75, 3.05) is 6.61 Å². The Morgan fingerprint density at radius 2 is 2.07 bits per heavy atom.